The monoisotopic (exact) mass is 408 g/mol. The van der Waals surface area contributed by atoms with Gasteiger partial charge in [-0.25, -0.2) is 4.98 Å². The topological polar surface area (TPSA) is 72.9 Å². The fourth-order valence-corrected chi connectivity index (χ4v) is 3.18. The van der Waals surface area contributed by atoms with Gasteiger partial charge in [-0.2, -0.15) is 0 Å². The van der Waals surface area contributed by atoms with Crippen molar-refractivity contribution in [3.8, 4) is 0 Å². The minimum atomic E-state index is -0.218. The van der Waals surface area contributed by atoms with E-state index < -0.39 is 0 Å². The molecule has 3 aromatic rings. The number of carbonyl (C=O) groups is 1. The number of carbonyl (C=O) groups excluding carboxylic acids is 1. The van der Waals surface area contributed by atoms with Gasteiger partial charge in [-0.15, -0.1) is 0 Å². The van der Waals surface area contributed by atoms with Gasteiger partial charge in [0.1, 0.15) is 0 Å². The summed E-state index contributed by atoms with van der Waals surface area (Å²) in [6.07, 6.45) is 9.95. The summed E-state index contributed by atoms with van der Waals surface area (Å²) in [5.41, 5.74) is 8.86. The maximum Gasteiger partial charge on any atom is 0.249 e. The second-order valence-corrected chi connectivity index (χ2v) is 7.31. The van der Waals surface area contributed by atoms with Crippen molar-refractivity contribution in [2.75, 3.05) is 11.9 Å². The Hall–Kier alpha value is -2.89. The molecule has 0 aliphatic carbocycles. The van der Waals surface area contributed by atoms with Crippen molar-refractivity contribution in [1.82, 2.24) is 9.55 Å². The summed E-state index contributed by atoms with van der Waals surface area (Å²) in [7, 11) is 0. The number of amides is 1. The number of benzene rings is 2. The van der Waals surface area contributed by atoms with Crippen LogP contribution in [-0.4, -0.2) is 22.0 Å². The molecule has 3 N–H and O–H groups in total. The van der Waals surface area contributed by atoms with Gasteiger partial charge in [-0.3, -0.25) is 4.79 Å². The molecule has 2 aromatic carbocycles. The van der Waals surface area contributed by atoms with Crippen LogP contribution in [0.1, 0.15) is 29.5 Å². The summed E-state index contributed by atoms with van der Waals surface area (Å²) in [6, 6.07) is 15.9. The average Bonchev–Trinajstić information content (AvgIpc) is 3.14. The Bertz CT molecular complexity index is 963. The third kappa shape index (κ3) is 6.89. The van der Waals surface area contributed by atoms with E-state index in [0.29, 0.717) is 17.4 Å². The summed E-state index contributed by atoms with van der Waals surface area (Å²) < 4.78 is 1.90. The molecule has 0 spiro atoms. The lowest BCUT2D eigenvalue weighted by Crippen LogP contribution is -2.08. The zero-order valence-electron chi connectivity index (χ0n) is 16.2. The van der Waals surface area contributed by atoms with E-state index in [1.165, 1.54) is 11.6 Å². The van der Waals surface area contributed by atoms with E-state index >= 15 is 0 Å². The van der Waals surface area contributed by atoms with E-state index in [-0.39, 0.29) is 5.91 Å². The molecule has 0 aliphatic heterocycles. The predicted molar refractivity (Wildman–Crippen MR) is 119 cm³/mol. The molecule has 0 aliphatic rings. The number of aryl methyl sites for hydroxylation is 1. The van der Waals surface area contributed by atoms with Gasteiger partial charge in [0.25, 0.3) is 0 Å². The Kier molecular flexibility index (Phi) is 7.61. The van der Waals surface area contributed by atoms with Crippen LogP contribution in [0.5, 0.6) is 0 Å². The molecule has 0 saturated carbocycles. The molecule has 150 valence electrons. The zero-order chi connectivity index (χ0) is 20.5. The van der Waals surface area contributed by atoms with Crippen molar-refractivity contribution < 1.29 is 4.79 Å². The molecule has 0 radical (unpaired) electrons. The van der Waals surface area contributed by atoms with E-state index in [2.05, 4.69) is 22.4 Å². The highest BCUT2D eigenvalue weighted by atomic mass is 35.5. The SMILES string of the molecule is NCCCCc1ccc(/C=C/C(=O)Nc2cn(Cc3cccc(Cl)c3)cn2)cc1. The molecule has 0 unspecified atom stereocenters. The first kappa shape index (κ1) is 20.8. The largest absolute Gasteiger partial charge is 0.331 e. The second kappa shape index (κ2) is 10.6. The highest BCUT2D eigenvalue weighted by Crippen LogP contribution is 2.13. The molecule has 1 aromatic heterocycles. The minimum Gasteiger partial charge on any atom is -0.331 e. The fourth-order valence-electron chi connectivity index (χ4n) is 2.97. The number of anilines is 1. The van der Waals surface area contributed by atoms with Crippen LogP contribution >= 0.6 is 11.6 Å². The van der Waals surface area contributed by atoms with Crippen LogP contribution in [0.15, 0.2) is 67.1 Å². The van der Waals surface area contributed by atoms with Crippen LogP contribution in [0.3, 0.4) is 0 Å². The summed E-state index contributed by atoms with van der Waals surface area (Å²) in [5.74, 6) is 0.293. The molecule has 1 heterocycles. The number of halogens is 1. The molecular weight excluding hydrogens is 384 g/mol. The third-order valence-corrected chi connectivity index (χ3v) is 4.70. The molecule has 29 heavy (non-hydrogen) atoms. The van der Waals surface area contributed by atoms with Crippen molar-refractivity contribution in [2.45, 2.75) is 25.8 Å². The summed E-state index contributed by atoms with van der Waals surface area (Å²) >= 11 is 6.01. The van der Waals surface area contributed by atoms with E-state index in [1.54, 1.807) is 18.6 Å². The summed E-state index contributed by atoms with van der Waals surface area (Å²) in [5, 5.41) is 3.48. The van der Waals surface area contributed by atoms with Gasteiger partial charge in [0.2, 0.25) is 5.91 Å². The van der Waals surface area contributed by atoms with Crippen molar-refractivity contribution in [3.63, 3.8) is 0 Å². The van der Waals surface area contributed by atoms with E-state index in [1.807, 2.05) is 41.0 Å². The molecule has 0 fully saturated rings. The number of nitrogens with one attached hydrogen (secondary N) is 1. The molecule has 3 rings (SSSR count). The third-order valence-electron chi connectivity index (χ3n) is 4.47. The smallest absolute Gasteiger partial charge is 0.249 e. The number of nitrogens with two attached hydrogens (primary N) is 1. The molecule has 0 bridgehead atoms. The van der Waals surface area contributed by atoms with Gasteiger partial charge in [0.05, 0.1) is 6.33 Å². The highest BCUT2D eigenvalue weighted by molar-refractivity contribution is 6.30. The summed E-state index contributed by atoms with van der Waals surface area (Å²) in [6.45, 7) is 1.37. The lowest BCUT2D eigenvalue weighted by molar-refractivity contribution is -0.111. The van der Waals surface area contributed by atoms with Gasteiger partial charge in [-0.1, -0.05) is 48.0 Å². The van der Waals surface area contributed by atoms with Crippen LogP contribution in [0.4, 0.5) is 5.82 Å². The average molecular weight is 409 g/mol. The van der Waals surface area contributed by atoms with Crippen molar-refractivity contribution in [2.24, 2.45) is 5.73 Å². The van der Waals surface area contributed by atoms with E-state index in [4.69, 9.17) is 17.3 Å². The summed E-state index contributed by atoms with van der Waals surface area (Å²) in [4.78, 5) is 16.4. The standard InChI is InChI=1S/C23H25ClN4O/c24-21-6-3-5-20(14-21)15-28-16-22(26-17-28)27-23(29)12-11-19-9-7-18(8-10-19)4-1-2-13-25/h3,5-12,14,16-17H,1-2,4,13,15,25H2,(H,27,29)/b12-11+. The maximum atomic E-state index is 12.2. The first-order valence-electron chi connectivity index (χ1n) is 9.66. The van der Waals surface area contributed by atoms with Gasteiger partial charge in [0.15, 0.2) is 5.82 Å². The Morgan fingerprint density at radius 3 is 2.72 bits per heavy atom. The number of nitrogens with zero attached hydrogens (tertiary/aromatic N) is 2. The van der Waals surface area contributed by atoms with Crippen molar-refractivity contribution in [3.05, 3.63) is 88.8 Å². The lowest BCUT2D eigenvalue weighted by atomic mass is 10.1. The Morgan fingerprint density at radius 1 is 1.14 bits per heavy atom. The number of imidazole rings is 1. The molecule has 0 saturated heterocycles. The van der Waals surface area contributed by atoms with Gasteiger partial charge in [0, 0.05) is 23.8 Å². The molecule has 5 nitrogen and oxygen atoms in total. The normalized spacial score (nSPS) is 11.1. The fraction of sp³-hybridized carbons (Fsp3) is 0.217. The quantitative estimate of drug-likeness (QED) is 0.404. The first-order chi connectivity index (χ1) is 14.1. The Labute approximate surface area is 176 Å². The number of hydrogen-bond acceptors (Lipinski definition) is 3. The van der Waals surface area contributed by atoms with E-state index in [0.717, 1.165) is 36.9 Å². The molecule has 1 amide bonds. The number of unbranched alkanes of at least 4 members (excludes halogenated alkanes) is 1. The second-order valence-electron chi connectivity index (χ2n) is 6.87. The zero-order valence-corrected chi connectivity index (χ0v) is 17.0. The van der Waals surface area contributed by atoms with Crippen LogP contribution in [0.2, 0.25) is 5.02 Å². The molecular formula is C23H25ClN4O. The lowest BCUT2D eigenvalue weighted by Gasteiger charge is -2.02. The minimum absolute atomic E-state index is 0.218. The van der Waals surface area contributed by atoms with Crippen molar-refractivity contribution in [1.29, 1.82) is 0 Å². The van der Waals surface area contributed by atoms with Crippen molar-refractivity contribution >= 4 is 29.4 Å². The molecule has 0 atom stereocenters. The predicted octanol–water partition coefficient (Wildman–Crippen LogP) is 4.52. The van der Waals surface area contributed by atoms with Crippen LogP contribution < -0.4 is 11.1 Å². The number of hydrogen-bond donors (Lipinski definition) is 2. The van der Waals surface area contributed by atoms with E-state index in [9.17, 15) is 4.79 Å². The molecule has 6 heteroatoms. The Morgan fingerprint density at radius 2 is 1.97 bits per heavy atom. The van der Waals surface area contributed by atoms with Gasteiger partial charge >= 0.3 is 0 Å². The van der Waals surface area contributed by atoms with Gasteiger partial charge < -0.3 is 15.6 Å². The van der Waals surface area contributed by atoms with Crippen LogP contribution in [-0.2, 0) is 17.8 Å². The highest BCUT2D eigenvalue weighted by Gasteiger charge is 2.03. The van der Waals surface area contributed by atoms with Crippen LogP contribution in [0, 0.1) is 0 Å². The Balaban J connectivity index is 1.51. The number of aromatic nitrogens is 2. The van der Waals surface area contributed by atoms with Gasteiger partial charge in [-0.05, 0) is 60.7 Å². The maximum absolute atomic E-state index is 12.2. The first-order valence-corrected chi connectivity index (χ1v) is 10.0. The number of rotatable bonds is 9. The van der Waals surface area contributed by atoms with Crippen LogP contribution in [0.25, 0.3) is 6.08 Å².